The Balaban J connectivity index is -0.00000000102. The Hall–Kier alpha value is 0.900. The van der Waals surface area contributed by atoms with Crippen LogP contribution in [0, 0.1) is 0 Å². The second-order valence-electron chi connectivity index (χ2n) is 1.56. The van der Waals surface area contributed by atoms with E-state index in [1.807, 2.05) is 0 Å². The van der Waals surface area contributed by atoms with Gasteiger partial charge >= 0.3 is 47.2 Å². The van der Waals surface area contributed by atoms with Crippen LogP contribution in [0.2, 0.25) is 0 Å². The first-order valence-corrected chi connectivity index (χ1v) is 6.38. The van der Waals surface area contributed by atoms with Crippen molar-refractivity contribution in [1.29, 1.82) is 0 Å². The number of hydrogen-bond acceptors (Lipinski definition) is 4. The molecular formula is C26H96O2P2S2+2. The molecule has 0 aromatic heterocycles. The summed E-state index contributed by atoms with van der Waals surface area (Å²) in [5.41, 5.74) is 0. The van der Waals surface area contributed by atoms with Crippen LogP contribution in [0.1, 0.15) is 189 Å². The standard InChI is InChI=1S/C4H8.22CH4.2OPS/c1-2-4-3-1;;;;;;;;;;;;;;;;;;;;;;;2*1-2-3/h1-4H2;22*1H4;;/q;;;;;;;;;;;;;;;;;;;;;;;2*+1. The first-order valence-electron chi connectivity index (χ1n) is 2.73. The van der Waals surface area contributed by atoms with Crippen LogP contribution in [0.25, 0.3) is 0 Å². The van der Waals surface area contributed by atoms with Gasteiger partial charge in [-0.05, 0) is 0 Å². The van der Waals surface area contributed by atoms with Crippen molar-refractivity contribution in [3.63, 3.8) is 0 Å². The second-order valence-corrected chi connectivity index (χ2v) is 2.76. The summed E-state index contributed by atoms with van der Waals surface area (Å²) >= 11 is 7.62. The van der Waals surface area contributed by atoms with Crippen molar-refractivity contribution >= 4 is 38.1 Å². The molecule has 1 aliphatic rings. The third-order valence-electron chi connectivity index (χ3n) is 1.000. The van der Waals surface area contributed by atoms with E-state index in [1.54, 1.807) is 0 Å². The van der Waals surface area contributed by atoms with E-state index in [-0.39, 0.29) is 178 Å². The zero-order chi connectivity index (χ0) is 8.24. The van der Waals surface area contributed by atoms with Crippen LogP contribution in [-0.2, 0) is 32.7 Å². The molecule has 0 unspecified atom stereocenters. The Morgan fingerprint density at radius 3 is 0.312 bits per heavy atom. The van der Waals surface area contributed by atoms with E-state index in [0.29, 0.717) is 0 Å². The third kappa shape index (κ3) is 1150. The normalized spacial score (nSPS) is 3.75. The molecule has 6 heteroatoms. The fourth-order valence-corrected chi connectivity index (χ4v) is 0.250. The molecule has 232 valence electrons. The van der Waals surface area contributed by atoms with E-state index in [0.717, 1.165) is 0 Å². The van der Waals surface area contributed by atoms with Crippen LogP contribution in [-0.4, -0.2) is 0 Å². The van der Waals surface area contributed by atoms with Gasteiger partial charge in [0.15, 0.2) is 0 Å². The predicted molar refractivity (Wildman–Crippen MR) is 196 cm³/mol. The molecule has 0 bridgehead atoms. The molecule has 0 heterocycles. The van der Waals surface area contributed by atoms with Gasteiger partial charge in [0.2, 0.25) is 0 Å². The molecule has 0 aromatic carbocycles. The molecule has 0 aliphatic heterocycles. The number of hydrogen-bond donors (Lipinski definition) is 0. The first kappa shape index (κ1) is 423. The SMILES string of the molecule is C.C.C.C.C.C.C.C.C.C.C.C.C.C.C.C.C.C.C.C.C.C.C1CCC1.O=[P+]=S.O=[P+]=S. The molecular weight excluding hydrogens is 470 g/mol. The van der Waals surface area contributed by atoms with Gasteiger partial charge < -0.3 is 0 Å². The Morgan fingerprint density at radius 1 is 0.281 bits per heavy atom. The van der Waals surface area contributed by atoms with Gasteiger partial charge in [-0.3, -0.25) is 0 Å². The Kier molecular flexibility index (Phi) is 8450. The molecule has 0 atom stereocenters. The molecule has 32 heavy (non-hydrogen) atoms. The molecule has 0 spiro atoms. The molecule has 0 radical (unpaired) electrons. The average Bonchev–Trinajstić information content (AvgIpc) is 1.62. The van der Waals surface area contributed by atoms with Gasteiger partial charge in [-0.25, -0.2) is 0 Å². The zero-order valence-electron chi connectivity index (χ0n) is 5.36. The predicted octanol–water partition coefficient (Wildman–Crippen LogP) is 17.0. The fraction of sp³-hybridized carbons (Fsp3) is 1.00. The summed E-state index contributed by atoms with van der Waals surface area (Å²) in [5.74, 6) is 0. The Bertz CT molecular complexity index is 120. The summed E-state index contributed by atoms with van der Waals surface area (Å²) in [7, 11) is -0.500. The Labute approximate surface area is 235 Å². The summed E-state index contributed by atoms with van der Waals surface area (Å²) in [4.78, 5) is 0. The van der Waals surface area contributed by atoms with Gasteiger partial charge in [0.25, 0.3) is 0 Å². The minimum atomic E-state index is -0.250. The van der Waals surface area contributed by atoms with Crippen molar-refractivity contribution in [1.82, 2.24) is 0 Å². The molecule has 1 saturated carbocycles. The number of rotatable bonds is 0. The van der Waals surface area contributed by atoms with Gasteiger partial charge in [-0.15, -0.1) is 0 Å². The first-order chi connectivity index (χ1) is 4.83. The zero-order valence-corrected chi connectivity index (χ0v) is 8.78. The van der Waals surface area contributed by atoms with Crippen molar-refractivity contribution in [3.05, 3.63) is 0 Å². The van der Waals surface area contributed by atoms with Crippen LogP contribution in [0.3, 0.4) is 0 Å². The van der Waals surface area contributed by atoms with Crippen LogP contribution in [0.5, 0.6) is 0 Å². The topological polar surface area (TPSA) is 34.1 Å². The van der Waals surface area contributed by atoms with Gasteiger partial charge in [-0.1, -0.05) is 189 Å². The summed E-state index contributed by atoms with van der Waals surface area (Å²) in [5, 5.41) is 0. The van der Waals surface area contributed by atoms with Crippen molar-refractivity contribution < 1.29 is 9.13 Å². The van der Waals surface area contributed by atoms with Crippen LogP contribution >= 0.6 is 14.5 Å². The summed E-state index contributed by atoms with van der Waals surface area (Å²) in [6, 6.07) is 0. The fourth-order valence-electron chi connectivity index (χ4n) is 0.250. The summed E-state index contributed by atoms with van der Waals surface area (Å²) in [6.07, 6.45) is 6.00. The van der Waals surface area contributed by atoms with Crippen LogP contribution in [0.4, 0.5) is 0 Å². The molecule has 0 N–H and O–H groups in total. The van der Waals surface area contributed by atoms with Crippen molar-refractivity contribution in [2.75, 3.05) is 0 Å². The van der Waals surface area contributed by atoms with E-state index in [4.69, 9.17) is 9.13 Å². The van der Waals surface area contributed by atoms with Crippen molar-refractivity contribution in [2.24, 2.45) is 0 Å². The van der Waals surface area contributed by atoms with E-state index in [9.17, 15) is 0 Å². The molecule has 1 rings (SSSR count). The second kappa shape index (κ2) is 640. The summed E-state index contributed by atoms with van der Waals surface area (Å²) < 4.78 is 17.4. The van der Waals surface area contributed by atoms with E-state index in [2.05, 4.69) is 23.6 Å². The van der Waals surface area contributed by atoms with Crippen LogP contribution in [0.15, 0.2) is 0 Å². The average molecular weight is 567 g/mol. The van der Waals surface area contributed by atoms with Crippen molar-refractivity contribution in [3.8, 4) is 0 Å². The van der Waals surface area contributed by atoms with E-state index in [1.165, 1.54) is 25.7 Å². The maximum atomic E-state index is 8.72. The van der Waals surface area contributed by atoms with Gasteiger partial charge in [0.05, 0.1) is 0 Å². The van der Waals surface area contributed by atoms with Gasteiger partial charge in [0.1, 0.15) is 0 Å². The quantitative estimate of drug-likeness (QED) is 0.273. The van der Waals surface area contributed by atoms with E-state index < -0.39 is 0 Å². The Morgan fingerprint density at radius 2 is 0.312 bits per heavy atom. The monoisotopic (exact) mass is 567 g/mol. The molecule has 1 aliphatic carbocycles. The summed E-state index contributed by atoms with van der Waals surface area (Å²) in [6.45, 7) is 0. The van der Waals surface area contributed by atoms with Crippen molar-refractivity contribution in [2.45, 2.75) is 189 Å². The molecule has 0 aromatic rings. The van der Waals surface area contributed by atoms with Gasteiger partial charge in [0, 0.05) is 0 Å². The molecule has 2 nitrogen and oxygen atoms in total. The van der Waals surface area contributed by atoms with Crippen LogP contribution < -0.4 is 0 Å². The minimum absolute atomic E-state index is 0. The van der Waals surface area contributed by atoms with Gasteiger partial charge in [-0.2, -0.15) is 0 Å². The third-order valence-corrected chi connectivity index (χ3v) is 1.000. The maximum absolute atomic E-state index is 8.72. The van der Waals surface area contributed by atoms with E-state index >= 15 is 0 Å². The molecule has 0 amide bonds. The molecule has 1 fully saturated rings. The molecule has 0 saturated heterocycles.